The predicted molar refractivity (Wildman–Crippen MR) is 483 cm³/mol. The molecule has 0 radical (unpaired) electrons. The SMILES string of the molecule is C.C.C.C.C.C.CC(C)(O)C(F)(F)F.CC(C)(Oc1ncc(B2OC(C)(C)C(C)(C)O2)cc1F)C(F)(F)F.CC(C)(Oc1ncc(Br)cc1F)C(F)(F)F.CCC(=O)Cl.CCOCC(=O)CNc1cnc(Cl)cn1.CCOCc1nnc2cnc(-c3cnc(OC(C)(C)C(F)(F)F)c(F)c3)cn12.CCOCc1nnc2cnc(Cl)cn12.Fc1cc(Br)cnc1F.NNc1cnc(Cl)cn1.[H-].[Na+]. The Hall–Kier alpha value is -8.09. The van der Waals surface area contributed by atoms with E-state index in [1.807, 2.05) is 48.5 Å². The number of hydrogen-bond donors (Lipinski definition) is 4. The first-order valence-electron chi connectivity index (χ1n) is 36.6. The summed E-state index contributed by atoms with van der Waals surface area (Å²) in [4.78, 5) is 57.9. The van der Waals surface area contributed by atoms with E-state index < -0.39 is 112 Å². The average molecular weight is 2170 g/mol. The number of ether oxygens (including phenoxy) is 6. The molecule has 1 saturated heterocycles. The third kappa shape index (κ3) is 45.2. The number of aliphatic hydroxyl groups is 1. The van der Waals surface area contributed by atoms with Crippen LogP contribution in [0.5, 0.6) is 17.6 Å². The minimum Gasteiger partial charge on any atom is -1.00 e. The Morgan fingerprint density at radius 1 is 0.496 bits per heavy atom. The molecule has 0 aliphatic carbocycles. The number of ketones is 1. The summed E-state index contributed by atoms with van der Waals surface area (Å²) in [6, 6.07) is 4.02. The quantitative estimate of drug-likeness (QED) is 0.0122. The number of nitrogens with two attached hydrogens (primary N) is 1. The standard InChI is InChI=1S/C17H17F4N5O2.C15H20BF4NO3.C9H8BrF4NO.C9H12ClN3O2.C8H9ClN4O.C5H2BrF2N.C4H5ClN4.C4H7F3O.C3H5ClO.6CH4.Na.H/c1-4-27-9-14-25-24-13-7-22-12(8-26(13)14)10-5-11(18)15(23-6-10)28-16(2,3)17(19,20)21;1-12(2)13(3,4)24-16(23-12)9-7-10(17)11(21-8-9)22-14(5,6)15(18,19)20;1-8(2,9(12,13)14)16-7-6(11)3-5(10)4-15-7;1-2-15-6-7(14)3-12-9-5-11-8(10)4-13-9;1-2-14-5-8-12-11-7-3-10-6(9)4-13(7)8;6-3-1-4(7)5(8)9-2-3;5-3-1-8-4(9-6)2-7-3;1-3(2,8)4(5,6)7;1-2-3(4)5;;;;;;;;/h5-8H,4,9H2,1-3H3;7-8H,1-6H3;3-4H,1-2H3;4-5H,2-3,6H2,1H3,(H,12,13);3-4H,2,5H2,1H3;1-2H;1-2H,6H2,(H,8,9);8H,1-2H3;2H2,1H3;6*1H4;;/q;;;;;;;;;;;;;;;+1;-1. The molecule has 1 fully saturated rings. The van der Waals surface area contributed by atoms with Gasteiger partial charge in [0, 0.05) is 83.4 Å². The number of halogens is 23. The van der Waals surface area contributed by atoms with Gasteiger partial charge in [-0.15, -0.1) is 20.4 Å². The molecule has 0 aromatic carbocycles. The van der Waals surface area contributed by atoms with Gasteiger partial charge >= 0.3 is 61.4 Å². The number of aromatic nitrogens is 16. The van der Waals surface area contributed by atoms with Gasteiger partial charge in [-0.25, -0.2) is 68.3 Å². The number of hydrogen-bond acceptors (Lipinski definition) is 28. The maximum absolute atomic E-state index is 14.3. The largest absolute Gasteiger partial charge is 1.00 e. The van der Waals surface area contributed by atoms with E-state index in [9.17, 15) is 84.2 Å². The average Bonchev–Trinajstić information content (AvgIpc) is 1.61. The summed E-state index contributed by atoms with van der Waals surface area (Å²) in [6.45, 7) is 23.5. The Kier molecular flexibility index (Phi) is 60.2. The number of carbonyl (C=O) groups excluding carboxylic acids is 2. The summed E-state index contributed by atoms with van der Waals surface area (Å²) in [5.74, 6) is 0.0919. The van der Waals surface area contributed by atoms with Crippen LogP contribution in [0.15, 0.2) is 108 Å². The van der Waals surface area contributed by atoms with Crippen molar-refractivity contribution in [1.29, 1.82) is 0 Å². The van der Waals surface area contributed by atoms with Gasteiger partial charge in [0.15, 0.2) is 80.2 Å². The fraction of sp³-hybridized carbons (Fsp3) is 0.500. The molecule has 0 unspecified atom stereocenters. The van der Waals surface area contributed by atoms with Crippen LogP contribution < -0.4 is 65.8 Å². The number of anilines is 2. The van der Waals surface area contributed by atoms with Gasteiger partial charge in [0.25, 0.3) is 17.6 Å². The molecule has 0 spiro atoms. The molecule has 30 nitrogen and oxygen atoms in total. The van der Waals surface area contributed by atoms with Gasteiger partial charge in [0.05, 0.1) is 60.6 Å². The van der Waals surface area contributed by atoms with Crippen LogP contribution in [-0.2, 0) is 46.3 Å². The van der Waals surface area contributed by atoms with Gasteiger partial charge in [0.1, 0.15) is 41.1 Å². The molecule has 0 atom stereocenters. The van der Waals surface area contributed by atoms with Crippen LogP contribution in [-0.4, -0.2) is 194 Å². The van der Waals surface area contributed by atoms with Gasteiger partial charge in [-0.3, -0.25) is 23.4 Å². The van der Waals surface area contributed by atoms with E-state index in [-0.39, 0.29) is 117 Å². The molecule has 10 aromatic heterocycles. The summed E-state index contributed by atoms with van der Waals surface area (Å²) in [5.41, 5.74) is -7.13. The van der Waals surface area contributed by atoms with Crippen molar-refractivity contribution in [3.05, 3.63) is 164 Å². The van der Waals surface area contributed by atoms with E-state index in [1.165, 1.54) is 49.6 Å². The van der Waals surface area contributed by atoms with Crippen molar-refractivity contribution >= 4 is 125 Å². The maximum Gasteiger partial charge on any atom is 1.00 e. The van der Waals surface area contributed by atoms with Crippen molar-refractivity contribution in [2.24, 2.45) is 5.84 Å². The molecule has 11 rings (SSSR count). The van der Waals surface area contributed by atoms with Crippen LogP contribution in [0.1, 0.15) is 175 Å². The van der Waals surface area contributed by atoms with Gasteiger partial charge < -0.3 is 55.0 Å². The first-order chi connectivity index (χ1) is 59.0. The summed E-state index contributed by atoms with van der Waals surface area (Å²) in [5, 5.41) is 27.7. The Bertz CT molecular complexity index is 5150. The molecule has 55 heteroatoms. The van der Waals surface area contributed by atoms with Crippen molar-refractivity contribution in [3.8, 4) is 28.9 Å². The van der Waals surface area contributed by atoms with Crippen LogP contribution in [0.2, 0.25) is 15.5 Å². The second-order valence-electron chi connectivity index (χ2n) is 28.2. The number of carbonyl (C=O) groups is 2. The topological polar surface area (TPSA) is 368 Å². The molecular formula is C80H110BBr2Cl4F17N19NaO11. The fourth-order valence-corrected chi connectivity index (χ4v) is 8.64. The summed E-state index contributed by atoms with van der Waals surface area (Å²) in [7, 11) is -0.860. The first-order valence-corrected chi connectivity index (χ1v) is 39.7. The first kappa shape index (κ1) is 135. The van der Waals surface area contributed by atoms with Crippen molar-refractivity contribution in [1.82, 2.24) is 79.0 Å². The molecular weight excluding hydrogens is 2060 g/mol. The van der Waals surface area contributed by atoms with E-state index in [2.05, 4.69) is 118 Å². The number of alkyl halides is 12. The Balaban J connectivity index is -0.000000360. The summed E-state index contributed by atoms with van der Waals surface area (Å²) >= 11 is 27.4. The Morgan fingerprint density at radius 3 is 1.22 bits per heavy atom. The predicted octanol–water partition coefficient (Wildman–Crippen LogP) is 18.9. The molecule has 0 amide bonds. The second kappa shape index (κ2) is 60.0. The number of pyridine rings is 4. The second-order valence-corrected chi connectivity index (χ2v) is 31.6. The number of rotatable bonds is 22. The van der Waals surface area contributed by atoms with E-state index in [4.69, 9.17) is 90.3 Å². The van der Waals surface area contributed by atoms with Gasteiger partial charge in [-0.1, -0.05) is 86.3 Å². The van der Waals surface area contributed by atoms with Crippen LogP contribution in [0.4, 0.5) is 86.3 Å². The van der Waals surface area contributed by atoms with E-state index in [1.54, 1.807) is 34.3 Å². The summed E-state index contributed by atoms with van der Waals surface area (Å²) in [6.07, 6.45) is -1.30. The molecule has 10 aromatic rings. The van der Waals surface area contributed by atoms with E-state index >= 15 is 0 Å². The number of Topliss-reactive ketones (excluding diaryl/α,β-unsaturated/α-hetero) is 1. The zero-order valence-corrected chi connectivity index (χ0v) is 79.6. The number of nitrogens with one attached hydrogen (secondary N) is 2. The maximum atomic E-state index is 14.3. The molecule has 1 aliphatic rings. The molecule has 135 heavy (non-hydrogen) atoms. The van der Waals surface area contributed by atoms with Crippen LogP contribution >= 0.6 is 78.3 Å². The van der Waals surface area contributed by atoms with Gasteiger partial charge in [0.2, 0.25) is 11.2 Å². The molecule has 11 heterocycles. The van der Waals surface area contributed by atoms with Gasteiger partial charge in [-0.2, -0.15) is 57.1 Å². The van der Waals surface area contributed by atoms with Gasteiger partial charge in [-0.05, 0) is 172 Å². The third-order valence-corrected chi connectivity index (χ3v) is 17.7. The van der Waals surface area contributed by atoms with Crippen LogP contribution in [0.25, 0.3) is 22.6 Å². The minimum atomic E-state index is -4.68. The summed E-state index contributed by atoms with van der Waals surface area (Å²) < 4.78 is 259. The van der Waals surface area contributed by atoms with Crippen LogP contribution in [0.3, 0.4) is 0 Å². The molecule has 756 valence electrons. The zero-order chi connectivity index (χ0) is 97.5. The number of hydrazine groups is 1. The van der Waals surface area contributed by atoms with E-state index in [0.717, 1.165) is 77.8 Å². The molecule has 0 bridgehead atoms. The third-order valence-electron chi connectivity index (χ3n) is 16.0. The van der Waals surface area contributed by atoms with E-state index in [0.29, 0.717) is 106 Å². The minimum absolute atomic E-state index is 0. The molecule has 1 aliphatic heterocycles. The zero-order valence-electron chi connectivity index (χ0n) is 72.4. The number of fused-ring (bicyclic) bond motifs is 2. The van der Waals surface area contributed by atoms with Crippen molar-refractivity contribution in [3.63, 3.8) is 0 Å². The normalized spacial score (nSPS) is 12.3. The van der Waals surface area contributed by atoms with Crippen molar-refractivity contribution < 1.29 is 158 Å². The smallest absolute Gasteiger partial charge is 1.00 e. The fourth-order valence-electron chi connectivity index (χ4n) is 7.69. The van der Waals surface area contributed by atoms with Crippen molar-refractivity contribution in [2.75, 3.05) is 43.7 Å². The number of nitrogens with zero attached hydrogens (tertiary/aromatic N) is 16. The number of nitrogen functional groups attached to an aromatic ring is 1. The Morgan fingerprint density at radius 2 is 0.867 bits per heavy atom. The molecule has 0 saturated carbocycles. The Labute approximate surface area is 831 Å². The molecule has 5 N–H and O–H groups in total. The monoisotopic (exact) mass is 2170 g/mol. The van der Waals surface area contributed by atoms with Crippen LogP contribution in [0, 0.1) is 29.2 Å². The van der Waals surface area contributed by atoms with Crippen molar-refractivity contribution in [2.45, 2.75) is 233 Å².